The summed E-state index contributed by atoms with van der Waals surface area (Å²) >= 11 is 0. The van der Waals surface area contributed by atoms with E-state index in [-0.39, 0.29) is 5.30 Å². The van der Waals surface area contributed by atoms with Crippen LogP contribution in [-0.2, 0) is 28.0 Å². The van der Waals surface area contributed by atoms with Gasteiger partial charge in [0, 0.05) is 5.30 Å². The van der Waals surface area contributed by atoms with Gasteiger partial charge in [0.25, 0.3) is 7.37 Å². The van der Waals surface area contributed by atoms with E-state index >= 15 is 0 Å². The SMILES string of the molecule is CC1(C)O[C@@H]2[C@H](O1)[C@@H](O[C@@H]1[C@@H](O)[C@H](O)[C@@H](CO)O[P@@]1(=O)c1ccccc1)O[C@@H]2[C@H](O)CO. The molecule has 0 unspecified atom stereocenters. The third-order valence-corrected chi connectivity index (χ3v) is 8.53. The number of aliphatic hydroxyl groups excluding tert-OH is 5. The number of hydrogen-bond acceptors (Lipinski definition) is 11. The minimum atomic E-state index is -3.99. The van der Waals surface area contributed by atoms with Crippen LogP contribution in [0.3, 0.4) is 0 Å². The molecule has 0 saturated carbocycles. The summed E-state index contributed by atoms with van der Waals surface area (Å²) < 4.78 is 43.0. The third-order valence-electron chi connectivity index (χ3n) is 5.83. The molecule has 32 heavy (non-hydrogen) atoms. The first kappa shape index (κ1) is 24.2. The summed E-state index contributed by atoms with van der Waals surface area (Å²) in [4.78, 5) is 0. The van der Waals surface area contributed by atoms with Crippen molar-refractivity contribution >= 4 is 12.7 Å². The van der Waals surface area contributed by atoms with E-state index in [1.165, 1.54) is 12.1 Å². The van der Waals surface area contributed by atoms with Gasteiger partial charge in [-0.05, 0) is 26.0 Å². The topological polar surface area (TPSA) is 164 Å². The van der Waals surface area contributed by atoms with Crippen LogP contribution in [0, 0.1) is 0 Å². The van der Waals surface area contributed by atoms with Gasteiger partial charge in [0.15, 0.2) is 17.9 Å². The van der Waals surface area contributed by atoms with Crippen LogP contribution in [0.25, 0.3) is 0 Å². The number of hydrogen-bond donors (Lipinski definition) is 5. The molecule has 3 aliphatic rings. The van der Waals surface area contributed by atoms with Crippen molar-refractivity contribution in [1.82, 2.24) is 0 Å². The van der Waals surface area contributed by atoms with Crippen molar-refractivity contribution in [2.75, 3.05) is 13.2 Å². The molecule has 11 nitrogen and oxygen atoms in total. The molecule has 10 atom stereocenters. The van der Waals surface area contributed by atoms with Gasteiger partial charge in [-0.25, -0.2) is 0 Å². The fourth-order valence-corrected chi connectivity index (χ4v) is 6.89. The Labute approximate surface area is 184 Å². The Morgan fingerprint density at radius 3 is 2.38 bits per heavy atom. The molecule has 5 N–H and O–H groups in total. The molecule has 1 aromatic carbocycles. The highest BCUT2D eigenvalue weighted by molar-refractivity contribution is 7.67. The van der Waals surface area contributed by atoms with Gasteiger partial charge in [0.1, 0.15) is 42.7 Å². The fourth-order valence-electron chi connectivity index (χ4n) is 4.31. The second-order valence-corrected chi connectivity index (χ2v) is 11.0. The lowest BCUT2D eigenvalue weighted by Gasteiger charge is -2.43. The first-order valence-electron chi connectivity index (χ1n) is 10.4. The van der Waals surface area contributed by atoms with E-state index in [1.54, 1.807) is 32.0 Å². The molecule has 3 aliphatic heterocycles. The maximum atomic E-state index is 14.0. The first-order valence-corrected chi connectivity index (χ1v) is 12.1. The summed E-state index contributed by atoms with van der Waals surface area (Å²) in [6.45, 7) is 2.06. The summed E-state index contributed by atoms with van der Waals surface area (Å²) in [7, 11) is -3.99. The van der Waals surface area contributed by atoms with Gasteiger partial charge in [-0.15, -0.1) is 0 Å². The van der Waals surface area contributed by atoms with E-state index in [4.69, 9.17) is 23.5 Å². The lowest BCUT2D eigenvalue weighted by molar-refractivity contribution is -0.260. The average molecular weight is 476 g/mol. The van der Waals surface area contributed by atoms with Crippen molar-refractivity contribution in [3.05, 3.63) is 30.3 Å². The molecule has 0 bridgehead atoms. The zero-order valence-electron chi connectivity index (χ0n) is 17.6. The number of ether oxygens (including phenoxy) is 4. The van der Waals surface area contributed by atoms with Crippen LogP contribution in [0.15, 0.2) is 30.3 Å². The molecule has 3 fully saturated rings. The second-order valence-electron chi connectivity index (χ2n) is 8.55. The van der Waals surface area contributed by atoms with Crippen LogP contribution in [-0.4, -0.2) is 99.4 Å². The molecule has 180 valence electrons. The minimum Gasteiger partial charge on any atom is -0.394 e. The Morgan fingerprint density at radius 1 is 1.09 bits per heavy atom. The monoisotopic (exact) mass is 476 g/mol. The molecule has 0 aliphatic carbocycles. The molecule has 12 heteroatoms. The minimum absolute atomic E-state index is 0.222. The maximum absolute atomic E-state index is 14.0. The molecule has 0 amide bonds. The van der Waals surface area contributed by atoms with Crippen LogP contribution in [0.2, 0.25) is 0 Å². The van der Waals surface area contributed by atoms with Crippen LogP contribution < -0.4 is 5.30 Å². The third kappa shape index (κ3) is 4.17. The van der Waals surface area contributed by atoms with E-state index in [2.05, 4.69) is 0 Å². The Morgan fingerprint density at radius 2 is 1.75 bits per heavy atom. The molecule has 4 rings (SSSR count). The van der Waals surface area contributed by atoms with Crippen molar-refractivity contribution in [3.63, 3.8) is 0 Å². The molecule has 1 aromatic rings. The number of fused-ring (bicyclic) bond motifs is 1. The zero-order chi connectivity index (χ0) is 23.3. The van der Waals surface area contributed by atoms with Crippen LogP contribution in [0.5, 0.6) is 0 Å². The Hall–Kier alpha value is -0.950. The van der Waals surface area contributed by atoms with E-state index in [9.17, 15) is 30.1 Å². The van der Waals surface area contributed by atoms with Crippen molar-refractivity contribution < 1.29 is 53.6 Å². The number of aliphatic hydroxyl groups is 5. The fraction of sp³-hybridized carbons (Fsp3) is 0.700. The van der Waals surface area contributed by atoms with Gasteiger partial charge in [0.05, 0.1) is 13.2 Å². The predicted molar refractivity (Wildman–Crippen MR) is 108 cm³/mol. The van der Waals surface area contributed by atoms with Gasteiger partial charge >= 0.3 is 0 Å². The molecular formula is C20H29O11P. The van der Waals surface area contributed by atoms with Gasteiger partial charge in [-0.3, -0.25) is 4.57 Å². The summed E-state index contributed by atoms with van der Waals surface area (Å²) in [6, 6.07) is 8.04. The van der Waals surface area contributed by atoms with E-state index in [1.807, 2.05) is 0 Å². The smallest absolute Gasteiger partial charge is 0.263 e. The van der Waals surface area contributed by atoms with E-state index in [0.29, 0.717) is 0 Å². The Kier molecular flexibility index (Phi) is 6.81. The van der Waals surface area contributed by atoms with Crippen molar-refractivity contribution in [2.45, 2.75) is 74.5 Å². The normalized spacial score (nSPS) is 44.3. The average Bonchev–Trinajstić information content (AvgIpc) is 3.27. The van der Waals surface area contributed by atoms with Gasteiger partial charge in [-0.1, -0.05) is 18.2 Å². The highest BCUT2D eigenvalue weighted by Gasteiger charge is 2.61. The lowest BCUT2D eigenvalue weighted by atomic mass is 10.1. The second kappa shape index (κ2) is 9.01. The summed E-state index contributed by atoms with van der Waals surface area (Å²) in [6.07, 6.45) is -9.80. The Balaban J connectivity index is 1.66. The molecule has 3 saturated heterocycles. The van der Waals surface area contributed by atoms with Crippen molar-refractivity contribution in [3.8, 4) is 0 Å². The summed E-state index contributed by atoms with van der Waals surface area (Å²) in [5, 5.41) is 50.6. The quantitative estimate of drug-likeness (QED) is 0.308. The van der Waals surface area contributed by atoms with E-state index in [0.717, 1.165) is 0 Å². The number of rotatable bonds is 6. The first-order chi connectivity index (χ1) is 15.1. The maximum Gasteiger partial charge on any atom is 0.263 e. The molecule has 0 aromatic heterocycles. The van der Waals surface area contributed by atoms with Gasteiger partial charge < -0.3 is 49.0 Å². The van der Waals surface area contributed by atoms with Crippen LogP contribution in [0.1, 0.15) is 13.8 Å². The summed E-state index contributed by atoms with van der Waals surface area (Å²) in [5.41, 5.74) is 0. The highest BCUT2D eigenvalue weighted by Crippen LogP contribution is 2.58. The van der Waals surface area contributed by atoms with Crippen molar-refractivity contribution in [1.29, 1.82) is 0 Å². The van der Waals surface area contributed by atoms with Crippen LogP contribution in [0.4, 0.5) is 0 Å². The largest absolute Gasteiger partial charge is 0.394 e. The zero-order valence-corrected chi connectivity index (χ0v) is 18.5. The van der Waals surface area contributed by atoms with Crippen molar-refractivity contribution in [2.24, 2.45) is 0 Å². The summed E-state index contributed by atoms with van der Waals surface area (Å²) in [5.74, 6) is -2.61. The predicted octanol–water partition coefficient (Wildman–Crippen LogP) is -1.36. The highest BCUT2D eigenvalue weighted by atomic mass is 31.2. The molecule has 0 spiro atoms. The Bertz CT molecular complexity index is 836. The molecule has 3 heterocycles. The number of benzene rings is 1. The lowest BCUT2D eigenvalue weighted by Crippen LogP contribution is -2.55. The van der Waals surface area contributed by atoms with E-state index < -0.39 is 81.2 Å². The standard InChI is InChI=1S/C20H29O11P/c1-20(2)29-16-15(11(23)8-21)27-18(17(16)30-20)28-19-14(25)13(24)12(9-22)31-32(19,26)10-6-4-3-5-7-10/h3-7,11-19,21-25H,8-9H2,1-2H3/t11-,12-,13-,14+,15-,16+,17+,18-,19+,32+/m1/s1. The van der Waals surface area contributed by atoms with Crippen LogP contribution >= 0.6 is 7.37 Å². The molecule has 0 radical (unpaired) electrons. The van der Waals surface area contributed by atoms with Gasteiger partial charge in [-0.2, -0.15) is 0 Å². The molecular weight excluding hydrogens is 447 g/mol. The van der Waals surface area contributed by atoms with Gasteiger partial charge in [0.2, 0.25) is 0 Å².